The monoisotopic (exact) mass is 206 g/mol. The van der Waals surface area contributed by atoms with E-state index in [-0.39, 0.29) is 23.9 Å². The van der Waals surface area contributed by atoms with Gasteiger partial charge < -0.3 is 23.0 Å². The number of nitrogens with one attached hydrogen (secondary N) is 1. The van der Waals surface area contributed by atoms with Crippen LogP contribution in [0.25, 0.3) is 0 Å². The van der Waals surface area contributed by atoms with Gasteiger partial charge in [-0.2, -0.15) is 0 Å². The summed E-state index contributed by atoms with van der Waals surface area (Å²) in [4.78, 5) is 11.0. The zero-order chi connectivity index (χ0) is 9.61. The molecule has 1 amide bonds. The van der Waals surface area contributed by atoms with E-state index in [4.69, 9.17) is 0 Å². The van der Waals surface area contributed by atoms with Crippen molar-refractivity contribution in [1.82, 2.24) is 5.32 Å². The molecule has 13 heavy (non-hydrogen) atoms. The fraction of sp³-hybridized carbons (Fsp3) is 0.667. The van der Waals surface area contributed by atoms with Crippen LogP contribution in [0.5, 0.6) is 0 Å². The van der Waals surface area contributed by atoms with E-state index in [1.807, 2.05) is 20.9 Å². The summed E-state index contributed by atoms with van der Waals surface area (Å²) in [5, 5.41) is 4.96. The Morgan fingerprint density at radius 1 is 1.62 bits per heavy atom. The number of nitrogens with two attached hydrogens (primary N) is 1. The first-order valence-corrected chi connectivity index (χ1v) is 4.24. The van der Waals surface area contributed by atoms with Crippen LogP contribution in [0.1, 0.15) is 20.3 Å². The zero-order valence-electron chi connectivity index (χ0n) is 8.56. The van der Waals surface area contributed by atoms with E-state index in [1.54, 1.807) is 0 Å². The van der Waals surface area contributed by atoms with Crippen molar-refractivity contribution in [1.29, 1.82) is 0 Å². The van der Waals surface area contributed by atoms with Crippen LogP contribution in [0, 0.1) is 0 Å². The Kier molecular flexibility index (Phi) is 7.96. The summed E-state index contributed by atoms with van der Waals surface area (Å²) in [6.45, 7) is 8.45. The van der Waals surface area contributed by atoms with Crippen LogP contribution in [-0.4, -0.2) is 25.0 Å². The summed E-state index contributed by atoms with van der Waals surface area (Å²) < 4.78 is 0. The standard InChI is InChI=1S/C9H18N2O.ClH/c1-5-8(12)11-9(2,3)6-7-10-4;/h5,10H,1,6-7H2,2-4H3,(H,11,12);1H. The van der Waals surface area contributed by atoms with Gasteiger partial charge >= 0.3 is 0 Å². The topological polar surface area (TPSA) is 45.7 Å². The molecule has 4 heteroatoms. The van der Waals surface area contributed by atoms with E-state index < -0.39 is 0 Å². The summed E-state index contributed by atoms with van der Waals surface area (Å²) in [7, 11) is 2.02. The molecule has 0 aromatic heterocycles. The summed E-state index contributed by atoms with van der Waals surface area (Å²) >= 11 is 0. The highest BCUT2D eigenvalue weighted by molar-refractivity contribution is 5.87. The van der Waals surface area contributed by atoms with Crippen LogP contribution < -0.4 is 23.0 Å². The third kappa shape index (κ3) is 7.81. The Labute approximate surface area is 86.4 Å². The number of amides is 1. The van der Waals surface area contributed by atoms with Crippen LogP contribution in [0.15, 0.2) is 12.7 Å². The third-order valence-corrected chi connectivity index (χ3v) is 1.70. The van der Waals surface area contributed by atoms with Crippen molar-refractivity contribution in [2.75, 3.05) is 13.6 Å². The normalized spacial score (nSPS) is 10.1. The van der Waals surface area contributed by atoms with Gasteiger partial charge in [-0.3, -0.25) is 4.79 Å². The molecular weight excluding hydrogens is 188 g/mol. The maximum Gasteiger partial charge on any atom is 0.243 e. The van der Waals surface area contributed by atoms with Gasteiger partial charge in [0, 0.05) is 12.0 Å². The minimum atomic E-state index is -0.127. The lowest BCUT2D eigenvalue weighted by atomic mass is 10.0. The van der Waals surface area contributed by atoms with Gasteiger partial charge in [-0.25, -0.2) is 0 Å². The van der Waals surface area contributed by atoms with Crippen molar-refractivity contribution in [2.45, 2.75) is 25.8 Å². The van der Waals surface area contributed by atoms with Gasteiger partial charge in [0.15, 0.2) is 0 Å². The lowest BCUT2D eigenvalue weighted by Gasteiger charge is -2.24. The highest BCUT2D eigenvalue weighted by Crippen LogP contribution is 2.05. The number of rotatable bonds is 5. The first-order valence-electron chi connectivity index (χ1n) is 4.24. The van der Waals surface area contributed by atoms with Gasteiger partial charge in [0.1, 0.15) is 0 Å². The van der Waals surface area contributed by atoms with Crippen molar-refractivity contribution in [3.63, 3.8) is 0 Å². The van der Waals surface area contributed by atoms with Crippen LogP contribution in [0.4, 0.5) is 0 Å². The average Bonchev–Trinajstić information content (AvgIpc) is 2.00. The lowest BCUT2D eigenvalue weighted by molar-refractivity contribution is -0.628. The number of hydrogen-bond acceptors (Lipinski definition) is 1. The van der Waals surface area contributed by atoms with E-state index >= 15 is 0 Å². The molecule has 0 saturated carbocycles. The molecule has 0 bridgehead atoms. The molecule has 0 radical (unpaired) electrons. The summed E-state index contributed by atoms with van der Waals surface area (Å²) in [6, 6.07) is 0. The Hall–Kier alpha value is -0.540. The molecule has 0 atom stereocenters. The van der Waals surface area contributed by atoms with Gasteiger partial charge in [-0.15, -0.1) is 0 Å². The molecule has 0 heterocycles. The molecule has 0 unspecified atom stereocenters. The lowest BCUT2D eigenvalue weighted by Crippen LogP contribution is -3.00. The number of carbonyl (C=O) groups excluding carboxylic acids is 1. The average molecular weight is 207 g/mol. The fourth-order valence-electron chi connectivity index (χ4n) is 0.952. The number of hydrogen-bond donors (Lipinski definition) is 2. The van der Waals surface area contributed by atoms with E-state index in [0.29, 0.717) is 0 Å². The summed E-state index contributed by atoms with van der Waals surface area (Å²) in [5.41, 5.74) is -0.127. The smallest absolute Gasteiger partial charge is 0.243 e. The Morgan fingerprint density at radius 2 is 2.15 bits per heavy atom. The van der Waals surface area contributed by atoms with Crippen molar-refractivity contribution >= 4 is 5.91 Å². The molecule has 3 N–H and O–H groups in total. The van der Waals surface area contributed by atoms with Crippen LogP contribution in [-0.2, 0) is 4.79 Å². The van der Waals surface area contributed by atoms with Crippen molar-refractivity contribution in [3.8, 4) is 0 Å². The second-order valence-corrected chi connectivity index (χ2v) is 3.52. The zero-order valence-corrected chi connectivity index (χ0v) is 9.32. The number of quaternary nitrogens is 1. The van der Waals surface area contributed by atoms with Crippen molar-refractivity contribution in [2.24, 2.45) is 0 Å². The molecule has 78 valence electrons. The minimum Gasteiger partial charge on any atom is -1.00 e. The molecular formula is C9H19ClN2O. The SMILES string of the molecule is C=CC(=O)NC(C)(C)CC[NH2+]C.[Cl-]. The highest BCUT2D eigenvalue weighted by Gasteiger charge is 2.18. The number of carbonyl (C=O) groups is 1. The van der Waals surface area contributed by atoms with Gasteiger partial charge in [-0.05, 0) is 19.9 Å². The molecule has 0 saturated heterocycles. The second-order valence-electron chi connectivity index (χ2n) is 3.52. The largest absolute Gasteiger partial charge is 1.00 e. The minimum absolute atomic E-state index is 0. The maximum atomic E-state index is 11.0. The molecule has 0 aromatic rings. The molecule has 0 aromatic carbocycles. The predicted molar refractivity (Wildman–Crippen MR) is 49.8 cm³/mol. The first kappa shape index (κ1) is 15.0. The van der Waals surface area contributed by atoms with Crippen LogP contribution >= 0.6 is 0 Å². The Morgan fingerprint density at radius 3 is 2.54 bits per heavy atom. The van der Waals surface area contributed by atoms with Gasteiger partial charge in [0.05, 0.1) is 13.6 Å². The first-order chi connectivity index (χ1) is 5.52. The molecule has 0 spiro atoms. The highest BCUT2D eigenvalue weighted by atomic mass is 35.5. The van der Waals surface area contributed by atoms with Gasteiger partial charge in [0.25, 0.3) is 0 Å². The molecule has 0 aliphatic carbocycles. The van der Waals surface area contributed by atoms with Gasteiger partial charge in [-0.1, -0.05) is 6.58 Å². The number of halogens is 1. The van der Waals surface area contributed by atoms with Crippen LogP contribution in [0.3, 0.4) is 0 Å². The Bertz CT molecular complexity index is 169. The molecule has 0 fully saturated rings. The maximum absolute atomic E-state index is 11.0. The second kappa shape index (κ2) is 6.92. The predicted octanol–water partition coefficient (Wildman–Crippen LogP) is -3.35. The Balaban J connectivity index is 0. The molecule has 0 aliphatic rings. The van der Waals surface area contributed by atoms with Crippen LogP contribution in [0.2, 0.25) is 0 Å². The molecule has 0 rings (SSSR count). The van der Waals surface area contributed by atoms with E-state index in [9.17, 15) is 4.79 Å². The quantitative estimate of drug-likeness (QED) is 0.454. The van der Waals surface area contributed by atoms with E-state index in [0.717, 1.165) is 13.0 Å². The summed E-state index contributed by atoms with van der Waals surface area (Å²) in [6.07, 6.45) is 2.26. The summed E-state index contributed by atoms with van der Waals surface area (Å²) in [5.74, 6) is -0.101. The fourth-order valence-corrected chi connectivity index (χ4v) is 0.952. The van der Waals surface area contributed by atoms with E-state index in [2.05, 4.69) is 17.2 Å². The van der Waals surface area contributed by atoms with Crippen molar-refractivity contribution in [3.05, 3.63) is 12.7 Å². The van der Waals surface area contributed by atoms with Gasteiger partial charge in [0.2, 0.25) is 5.91 Å². The van der Waals surface area contributed by atoms with E-state index in [1.165, 1.54) is 6.08 Å². The molecule has 3 nitrogen and oxygen atoms in total. The van der Waals surface area contributed by atoms with Crippen molar-refractivity contribution < 1.29 is 22.5 Å². The molecule has 0 aliphatic heterocycles. The third-order valence-electron chi connectivity index (χ3n) is 1.70.